The molecule has 0 atom stereocenters. The molecule has 0 spiro atoms. The van der Waals surface area contributed by atoms with Gasteiger partial charge in [0.15, 0.2) is 17.3 Å². The predicted molar refractivity (Wildman–Crippen MR) is 77.8 cm³/mol. The molecule has 1 fully saturated rings. The van der Waals surface area contributed by atoms with Gasteiger partial charge in [-0.3, -0.25) is 9.69 Å². The molecular formula is C15H22N2O3. The van der Waals surface area contributed by atoms with Crippen molar-refractivity contribution in [2.24, 2.45) is 0 Å². The van der Waals surface area contributed by atoms with Crippen LogP contribution in [-0.2, 0) is 0 Å². The van der Waals surface area contributed by atoms with Gasteiger partial charge >= 0.3 is 0 Å². The van der Waals surface area contributed by atoms with Gasteiger partial charge < -0.3 is 14.8 Å². The number of carbonyl (C=O) groups is 1. The quantitative estimate of drug-likeness (QED) is 0.820. The molecule has 0 amide bonds. The van der Waals surface area contributed by atoms with Crippen LogP contribution in [0, 0.1) is 0 Å². The molecule has 0 aromatic heterocycles. The third-order valence-electron chi connectivity index (χ3n) is 3.51. The normalized spacial score (nSPS) is 16.5. The monoisotopic (exact) mass is 278 g/mol. The fourth-order valence-corrected chi connectivity index (χ4v) is 2.36. The van der Waals surface area contributed by atoms with E-state index in [1.807, 2.05) is 0 Å². The second-order valence-corrected chi connectivity index (χ2v) is 4.87. The van der Waals surface area contributed by atoms with Gasteiger partial charge in [0.25, 0.3) is 0 Å². The predicted octanol–water partition coefficient (Wildman–Crippen LogP) is 1.18. The minimum atomic E-state index is 0.118. The summed E-state index contributed by atoms with van der Waals surface area (Å²) in [5, 5.41) is 3.33. The average molecular weight is 278 g/mol. The Morgan fingerprint density at radius 1 is 1.20 bits per heavy atom. The molecule has 1 N–H and O–H groups in total. The SMILES string of the molecule is COc1ccc(C(=O)CN2CCCNCC2)cc1OC. The minimum Gasteiger partial charge on any atom is -0.493 e. The number of carbonyl (C=O) groups excluding carboxylic acids is 1. The summed E-state index contributed by atoms with van der Waals surface area (Å²) in [6.07, 6.45) is 1.08. The van der Waals surface area contributed by atoms with E-state index >= 15 is 0 Å². The number of methoxy groups -OCH3 is 2. The number of Topliss-reactive ketones (excluding diaryl/α,β-unsaturated/α-hetero) is 1. The summed E-state index contributed by atoms with van der Waals surface area (Å²) in [6, 6.07) is 5.31. The van der Waals surface area contributed by atoms with E-state index in [0.717, 1.165) is 32.6 Å². The van der Waals surface area contributed by atoms with Crippen molar-refractivity contribution in [3.8, 4) is 11.5 Å². The van der Waals surface area contributed by atoms with Crippen LogP contribution < -0.4 is 14.8 Å². The van der Waals surface area contributed by atoms with Crippen molar-refractivity contribution in [3.05, 3.63) is 23.8 Å². The molecule has 1 heterocycles. The Balaban J connectivity index is 2.04. The lowest BCUT2D eigenvalue weighted by Crippen LogP contribution is -2.33. The van der Waals surface area contributed by atoms with Crippen LogP contribution in [0.1, 0.15) is 16.8 Å². The fraction of sp³-hybridized carbons (Fsp3) is 0.533. The minimum absolute atomic E-state index is 0.118. The lowest BCUT2D eigenvalue weighted by Gasteiger charge is -2.18. The maximum Gasteiger partial charge on any atom is 0.176 e. The molecule has 1 aliphatic rings. The second kappa shape index (κ2) is 7.26. The highest BCUT2D eigenvalue weighted by atomic mass is 16.5. The van der Waals surface area contributed by atoms with Crippen molar-refractivity contribution in [3.63, 3.8) is 0 Å². The Morgan fingerprint density at radius 2 is 2.00 bits per heavy atom. The smallest absolute Gasteiger partial charge is 0.176 e. The molecule has 1 aromatic carbocycles. The van der Waals surface area contributed by atoms with E-state index in [9.17, 15) is 4.79 Å². The van der Waals surface area contributed by atoms with Gasteiger partial charge in [-0.15, -0.1) is 0 Å². The topological polar surface area (TPSA) is 50.8 Å². The maximum absolute atomic E-state index is 12.3. The van der Waals surface area contributed by atoms with Crippen molar-refractivity contribution in [1.29, 1.82) is 0 Å². The standard InChI is InChI=1S/C15H22N2O3/c1-19-14-5-4-12(10-15(14)20-2)13(18)11-17-8-3-6-16-7-9-17/h4-5,10,16H,3,6-9,11H2,1-2H3. The van der Waals surface area contributed by atoms with Gasteiger partial charge in [-0.1, -0.05) is 0 Å². The van der Waals surface area contributed by atoms with Crippen molar-refractivity contribution in [1.82, 2.24) is 10.2 Å². The zero-order valence-corrected chi connectivity index (χ0v) is 12.1. The van der Waals surface area contributed by atoms with Crippen molar-refractivity contribution in [2.45, 2.75) is 6.42 Å². The summed E-state index contributed by atoms with van der Waals surface area (Å²) in [5.74, 6) is 1.35. The van der Waals surface area contributed by atoms with Gasteiger partial charge in [-0.2, -0.15) is 0 Å². The average Bonchev–Trinajstić information content (AvgIpc) is 2.75. The van der Waals surface area contributed by atoms with Crippen LogP contribution in [0.4, 0.5) is 0 Å². The number of ketones is 1. The first-order chi connectivity index (χ1) is 9.74. The molecule has 5 heteroatoms. The van der Waals surface area contributed by atoms with Crippen molar-refractivity contribution < 1.29 is 14.3 Å². The second-order valence-electron chi connectivity index (χ2n) is 4.87. The Labute approximate surface area is 119 Å². The van der Waals surface area contributed by atoms with Crippen LogP contribution in [0.15, 0.2) is 18.2 Å². The zero-order valence-electron chi connectivity index (χ0n) is 12.1. The van der Waals surface area contributed by atoms with E-state index < -0.39 is 0 Å². The number of benzene rings is 1. The molecule has 110 valence electrons. The summed E-state index contributed by atoms with van der Waals surface area (Å²) in [5.41, 5.74) is 0.667. The van der Waals surface area contributed by atoms with Crippen molar-refractivity contribution >= 4 is 5.78 Å². The van der Waals surface area contributed by atoms with Gasteiger partial charge in [0, 0.05) is 18.7 Å². The number of nitrogens with zero attached hydrogens (tertiary/aromatic N) is 1. The maximum atomic E-state index is 12.3. The summed E-state index contributed by atoms with van der Waals surface area (Å²) in [6.45, 7) is 4.31. The summed E-state index contributed by atoms with van der Waals surface area (Å²) < 4.78 is 10.4. The third kappa shape index (κ3) is 3.71. The highest BCUT2D eigenvalue weighted by molar-refractivity contribution is 5.98. The lowest BCUT2D eigenvalue weighted by molar-refractivity contribution is 0.0934. The molecular weight excluding hydrogens is 256 g/mol. The number of rotatable bonds is 5. The van der Waals surface area contributed by atoms with Crippen LogP contribution in [0.5, 0.6) is 11.5 Å². The highest BCUT2D eigenvalue weighted by Gasteiger charge is 2.15. The number of hydrogen-bond donors (Lipinski definition) is 1. The first-order valence-corrected chi connectivity index (χ1v) is 6.93. The van der Waals surface area contributed by atoms with Crippen LogP contribution >= 0.6 is 0 Å². The molecule has 1 aliphatic heterocycles. The Hall–Kier alpha value is -1.59. The first kappa shape index (κ1) is 14.8. The fourth-order valence-electron chi connectivity index (χ4n) is 2.36. The van der Waals surface area contributed by atoms with E-state index in [2.05, 4.69) is 10.2 Å². The Bertz CT molecular complexity index is 454. The van der Waals surface area contributed by atoms with Gasteiger partial charge in [0.2, 0.25) is 0 Å². The molecule has 20 heavy (non-hydrogen) atoms. The summed E-state index contributed by atoms with van der Waals surface area (Å²) in [7, 11) is 3.16. The Morgan fingerprint density at radius 3 is 2.75 bits per heavy atom. The Kier molecular flexibility index (Phi) is 5.38. The number of hydrogen-bond acceptors (Lipinski definition) is 5. The molecule has 0 aliphatic carbocycles. The van der Waals surface area contributed by atoms with E-state index in [4.69, 9.17) is 9.47 Å². The third-order valence-corrected chi connectivity index (χ3v) is 3.51. The van der Waals surface area contributed by atoms with E-state index in [1.54, 1.807) is 32.4 Å². The van der Waals surface area contributed by atoms with E-state index in [1.165, 1.54) is 0 Å². The largest absolute Gasteiger partial charge is 0.493 e. The molecule has 0 radical (unpaired) electrons. The molecule has 1 aromatic rings. The van der Waals surface area contributed by atoms with Gasteiger partial charge in [-0.05, 0) is 37.7 Å². The van der Waals surface area contributed by atoms with Crippen LogP contribution in [0.3, 0.4) is 0 Å². The van der Waals surface area contributed by atoms with E-state index in [0.29, 0.717) is 23.6 Å². The lowest BCUT2D eigenvalue weighted by atomic mass is 10.1. The van der Waals surface area contributed by atoms with Gasteiger partial charge in [-0.25, -0.2) is 0 Å². The van der Waals surface area contributed by atoms with Crippen molar-refractivity contribution in [2.75, 3.05) is 46.9 Å². The van der Waals surface area contributed by atoms with Gasteiger partial charge in [0.05, 0.1) is 20.8 Å². The molecule has 0 bridgehead atoms. The number of nitrogens with one attached hydrogen (secondary N) is 1. The number of ether oxygens (including phenoxy) is 2. The molecule has 0 saturated carbocycles. The zero-order chi connectivity index (χ0) is 14.4. The highest BCUT2D eigenvalue weighted by Crippen LogP contribution is 2.27. The van der Waals surface area contributed by atoms with Crippen LogP contribution in [0.25, 0.3) is 0 Å². The molecule has 2 rings (SSSR count). The first-order valence-electron chi connectivity index (χ1n) is 6.93. The summed E-state index contributed by atoms with van der Waals surface area (Å²) in [4.78, 5) is 14.5. The van der Waals surface area contributed by atoms with Crippen LogP contribution in [0.2, 0.25) is 0 Å². The molecule has 5 nitrogen and oxygen atoms in total. The van der Waals surface area contributed by atoms with Gasteiger partial charge in [0.1, 0.15) is 0 Å². The molecule has 0 unspecified atom stereocenters. The molecule has 1 saturated heterocycles. The summed E-state index contributed by atoms with van der Waals surface area (Å²) >= 11 is 0. The van der Waals surface area contributed by atoms with Crippen LogP contribution in [-0.4, -0.2) is 57.6 Å². The van der Waals surface area contributed by atoms with E-state index in [-0.39, 0.29) is 5.78 Å².